The maximum Gasteiger partial charge on any atom is 0.255 e. The molecule has 0 bridgehead atoms. The molecule has 1 aliphatic carbocycles. The molecular formula is C28H30FN3O6S. The third-order valence-corrected chi connectivity index (χ3v) is 8.72. The number of hydrogen-bond acceptors (Lipinski definition) is 6. The van der Waals surface area contributed by atoms with E-state index in [4.69, 9.17) is 9.15 Å². The van der Waals surface area contributed by atoms with Crippen LogP contribution in [0.3, 0.4) is 0 Å². The Hall–Kier alpha value is -3.44. The first kappa shape index (κ1) is 25.8. The molecule has 2 unspecified atom stereocenters. The van der Waals surface area contributed by atoms with Crippen LogP contribution >= 0.6 is 0 Å². The minimum Gasteiger partial charge on any atom is -0.455 e. The van der Waals surface area contributed by atoms with Gasteiger partial charge in [-0.15, -0.1) is 0 Å². The molecule has 2 aromatic carbocycles. The summed E-state index contributed by atoms with van der Waals surface area (Å²) in [7, 11) is -2.13. The SMILES string of the molecule is CNC(=O)c1c(-c2ccc(F)cc2)oc2cc(NS(C)(=O)=O)c([C@@H]3CCCN(C(=O)C4C5COCC54)C3)cc12. The van der Waals surface area contributed by atoms with Gasteiger partial charge in [0.2, 0.25) is 15.9 Å². The van der Waals surface area contributed by atoms with Crippen molar-refractivity contribution < 1.29 is 31.6 Å². The summed E-state index contributed by atoms with van der Waals surface area (Å²) >= 11 is 0. The number of piperidine rings is 1. The smallest absolute Gasteiger partial charge is 0.255 e. The van der Waals surface area contributed by atoms with Crippen LogP contribution in [0.5, 0.6) is 0 Å². The first-order valence-electron chi connectivity index (χ1n) is 13.1. The Kier molecular flexibility index (Phi) is 6.38. The molecule has 3 heterocycles. The first-order chi connectivity index (χ1) is 18.6. The second-order valence-electron chi connectivity index (χ2n) is 10.7. The van der Waals surface area contributed by atoms with E-state index in [2.05, 4.69) is 10.0 Å². The van der Waals surface area contributed by atoms with Crippen molar-refractivity contribution in [2.45, 2.75) is 18.8 Å². The summed E-state index contributed by atoms with van der Waals surface area (Å²) in [4.78, 5) is 28.3. The van der Waals surface area contributed by atoms with Crippen LogP contribution in [0, 0.1) is 23.6 Å². The van der Waals surface area contributed by atoms with Crippen molar-refractivity contribution in [3.8, 4) is 11.3 Å². The van der Waals surface area contributed by atoms with Crippen LogP contribution in [0.4, 0.5) is 10.1 Å². The Bertz CT molecular complexity index is 1560. The minimum absolute atomic E-state index is 0.0144. The summed E-state index contributed by atoms with van der Waals surface area (Å²) in [5.41, 5.74) is 2.15. The standard InChI is InChI=1S/C28H30FN3O6S/c1-30-27(33)25-19-10-18(16-4-3-9-32(12-16)28(34)24-20-13-37-14-21(20)24)22(31-39(2,35)36)11-23(19)38-26(25)15-5-7-17(29)8-6-15/h5-8,10-11,16,20-21,24,31H,3-4,9,12-14H2,1-2H3,(H,30,33)/t16-,20?,21?,24?/m1/s1. The molecule has 39 heavy (non-hydrogen) atoms. The molecule has 3 fully saturated rings. The minimum atomic E-state index is -3.64. The van der Waals surface area contributed by atoms with Gasteiger partial charge in [0.15, 0.2) is 0 Å². The van der Waals surface area contributed by atoms with Crippen molar-refractivity contribution in [2.24, 2.45) is 17.8 Å². The van der Waals surface area contributed by atoms with Gasteiger partial charge in [0, 0.05) is 49.0 Å². The van der Waals surface area contributed by atoms with Gasteiger partial charge in [0.05, 0.1) is 30.7 Å². The zero-order chi connectivity index (χ0) is 27.5. The number of ether oxygens (including phenoxy) is 1. The zero-order valence-electron chi connectivity index (χ0n) is 21.7. The van der Waals surface area contributed by atoms with E-state index in [1.54, 1.807) is 12.1 Å². The Morgan fingerprint density at radius 2 is 1.82 bits per heavy atom. The van der Waals surface area contributed by atoms with E-state index < -0.39 is 15.8 Å². The topological polar surface area (TPSA) is 118 Å². The Morgan fingerprint density at radius 3 is 2.49 bits per heavy atom. The van der Waals surface area contributed by atoms with Crippen molar-refractivity contribution in [1.82, 2.24) is 10.2 Å². The molecule has 3 atom stereocenters. The Labute approximate surface area is 225 Å². The fraction of sp³-hybridized carbons (Fsp3) is 0.429. The lowest BCUT2D eigenvalue weighted by atomic mass is 9.88. The van der Waals surface area contributed by atoms with E-state index in [9.17, 15) is 22.4 Å². The van der Waals surface area contributed by atoms with Gasteiger partial charge in [-0.3, -0.25) is 14.3 Å². The van der Waals surface area contributed by atoms with Crippen LogP contribution in [0.2, 0.25) is 0 Å². The van der Waals surface area contributed by atoms with Crippen LogP contribution in [-0.2, 0) is 19.6 Å². The van der Waals surface area contributed by atoms with Gasteiger partial charge in [-0.25, -0.2) is 12.8 Å². The van der Waals surface area contributed by atoms with Gasteiger partial charge < -0.3 is 19.4 Å². The number of hydrogen-bond donors (Lipinski definition) is 2. The lowest BCUT2D eigenvalue weighted by molar-refractivity contribution is -0.135. The number of nitrogens with one attached hydrogen (secondary N) is 2. The van der Waals surface area contributed by atoms with Crippen molar-refractivity contribution in [2.75, 3.05) is 44.3 Å². The lowest BCUT2D eigenvalue weighted by Crippen LogP contribution is -2.41. The van der Waals surface area contributed by atoms with E-state index in [1.807, 2.05) is 4.90 Å². The van der Waals surface area contributed by atoms with Gasteiger partial charge in [0.1, 0.15) is 17.2 Å². The number of sulfonamides is 1. The normalized spacial score (nSPS) is 24.4. The number of amides is 2. The number of furan rings is 1. The maximum atomic E-state index is 13.6. The molecule has 0 radical (unpaired) electrons. The largest absolute Gasteiger partial charge is 0.455 e. The highest BCUT2D eigenvalue weighted by Gasteiger charge is 2.59. The number of fused-ring (bicyclic) bond motifs is 2. The van der Waals surface area contributed by atoms with E-state index in [1.165, 1.54) is 31.3 Å². The third kappa shape index (κ3) is 4.78. The Morgan fingerprint density at radius 1 is 1.10 bits per heavy atom. The van der Waals surface area contributed by atoms with E-state index in [0.717, 1.165) is 19.1 Å². The summed E-state index contributed by atoms with van der Waals surface area (Å²) in [6.45, 7) is 2.39. The summed E-state index contributed by atoms with van der Waals surface area (Å²) in [5.74, 6) is 0.0842. The molecule has 0 spiro atoms. The summed E-state index contributed by atoms with van der Waals surface area (Å²) < 4.78 is 52.4. The van der Waals surface area contributed by atoms with E-state index in [-0.39, 0.29) is 35.0 Å². The second-order valence-corrected chi connectivity index (χ2v) is 12.5. The third-order valence-electron chi connectivity index (χ3n) is 8.13. The summed E-state index contributed by atoms with van der Waals surface area (Å²) in [6, 6.07) is 9.01. The highest BCUT2D eigenvalue weighted by Crippen LogP contribution is 2.52. The van der Waals surface area contributed by atoms with Crippen LogP contribution in [0.25, 0.3) is 22.3 Å². The molecule has 2 amide bonds. The average molecular weight is 556 g/mol. The fourth-order valence-corrected chi connectivity index (χ4v) is 6.76. The van der Waals surface area contributed by atoms with Crippen molar-refractivity contribution in [3.05, 3.63) is 53.3 Å². The molecule has 9 nitrogen and oxygen atoms in total. The number of likely N-dealkylation sites (tertiary alicyclic amines) is 1. The molecule has 2 N–H and O–H groups in total. The van der Waals surface area contributed by atoms with Crippen LogP contribution < -0.4 is 10.0 Å². The highest BCUT2D eigenvalue weighted by molar-refractivity contribution is 7.92. The molecule has 11 heteroatoms. The number of carbonyl (C=O) groups is 2. The molecule has 2 aliphatic heterocycles. The predicted molar refractivity (Wildman–Crippen MR) is 143 cm³/mol. The van der Waals surface area contributed by atoms with Crippen LogP contribution in [0.1, 0.15) is 34.7 Å². The quantitative estimate of drug-likeness (QED) is 0.480. The predicted octanol–water partition coefficient (Wildman–Crippen LogP) is 3.57. The van der Waals surface area contributed by atoms with Crippen LogP contribution in [-0.4, -0.2) is 64.7 Å². The molecule has 3 aliphatic rings. The number of benzene rings is 2. The summed E-state index contributed by atoms with van der Waals surface area (Å²) in [5, 5.41) is 3.16. The molecule has 206 valence electrons. The number of carbonyl (C=O) groups excluding carboxylic acids is 2. The molecule has 3 aromatic rings. The van der Waals surface area contributed by atoms with Gasteiger partial charge in [-0.1, -0.05) is 0 Å². The summed E-state index contributed by atoms with van der Waals surface area (Å²) in [6.07, 6.45) is 2.61. The fourth-order valence-electron chi connectivity index (χ4n) is 6.19. The molecule has 2 saturated heterocycles. The average Bonchev–Trinajstić information content (AvgIpc) is 3.21. The lowest BCUT2D eigenvalue weighted by Gasteiger charge is -2.34. The zero-order valence-corrected chi connectivity index (χ0v) is 22.5. The molecular weight excluding hydrogens is 525 g/mol. The van der Waals surface area contributed by atoms with Gasteiger partial charge in [0.25, 0.3) is 5.91 Å². The number of halogens is 1. The monoisotopic (exact) mass is 555 g/mol. The second kappa shape index (κ2) is 9.63. The van der Waals surface area contributed by atoms with Crippen LogP contribution in [0.15, 0.2) is 40.8 Å². The molecule has 1 saturated carbocycles. The van der Waals surface area contributed by atoms with E-state index >= 15 is 0 Å². The van der Waals surface area contributed by atoms with E-state index in [0.29, 0.717) is 65.9 Å². The maximum absolute atomic E-state index is 13.6. The van der Waals surface area contributed by atoms with Crippen molar-refractivity contribution in [3.63, 3.8) is 0 Å². The number of anilines is 1. The Balaban J connectivity index is 1.43. The van der Waals surface area contributed by atoms with Gasteiger partial charge in [-0.05, 0) is 60.6 Å². The van der Waals surface area contributed by atoms with Gasteiger partial charge in [-0.2, -0.15) is 0 Å². The van der Waals surface area contributed by atoms with Crippen molar-refractivity contribution in [1.29, 1.82) is 0 Å². The number of rotatable bonds is 6. The highest BCUT2D eigenvalue weighted by atomic mass is 32.2. The van der Waals surface area contributed by atoms with Crippen molar-refractivity contribution >= 4 is 38.5 Å². The number of nitrogens with zero attached hydrogens (tertiary/aromatic N) is 1. The molecule has 6 rings (SSSR count). The molecule has 1 aromatic heterocycles. The van der Waals surface area contributed by atoms with Gasteiger partial charge >= 0.3 is 0 Å². The first-order valence-corrected chi connectivity index (χ1v) is 15.0.